The average molecular weight is 470 g/mol. The fraction of sp³-hybridized carbons (Fsp3) is 0.458. The predicted octanol–water partition coefficient (Wildman–Crippen LogP) is 3.92. The van der Waals surface area contributed by atoms with Crippen molar-refractivity contribution in [3.8, 4) is 0 Å². The van der Waals surface area contributed by atoms with Crippen molar-refractivity contribution in [1.82, 2.24) is 14.9 Å². The van der Waals surface area contributed by atoms with E-state index in [4.69, 9.17) is 9.72 Å². The summed E-state index contributed by atoms with van der Waals surface area (Å²) in [6, 6.07) is 9.85. The van der Waals surface area contributed by atoms with Crippen LogP contribution in [0, 0.1) is 0 Å². The zero-order valence-electron chi connectivity index (χ0n) is 18.1. The van der Waals surface area contributed by atoms with Gasteiger partial charge in [0.15, 0.2) is 5.16 Å². The van der Waals surface area contributed by atoms with Crippen molar-refractivity contribution in [3.63, 3.8) is 0 Å². The number of thiophene rings is 1. The standard InChI is InChI=1S/C24H27N3O3S2/c1-15(21(28)25-13-16-7-3-2-4-8-16)31-24-26-22-20(18-10-5-11-19(18)32-22)23(29)27(24)14-17-9-6-12-30-17/h2-4,7-8,15,17H,5-6,9-14H2,1H3,(H,25,28)/t15-,17+/m0/s1. The summed E-state index contributed by atoms with van der Waals surface area (Å²) in [5.74, 6) is -0.0643. The first-order chi connectivity index (χ1) is 15.6. The first kappa shape index (κ1) is 21.7. The summed E-state index contributed by atoms with van der Waals surface area (Å²) in [7, 11) is 0. The number of nitrogens with one attached hydrogen (secondary N) is 1. The Labute approximate surface area is 195 Å². The van der Waals surface area contributed by atoms with Crippen molar-refractivity contribution in [1.29, 1.82) is 0 Å². The van der Waals surface area contributed by atoms with E-state index in [2.05, 4.69) is 5.32 Å². The highest BCUT2D eigenvalue weighted by atomic mass is 32.2. The number of rotatable bonds is 7. The molecule has 0 saturated carbocycles. The highest BCUT2D eigenvalue weighted by Crippen LogP contribution is 2.36. The highest BCUT2D eigenvalue weighted by molar-refractivity contribution is 8.00. The molecule has 0 bridgehead atoms. The van der Waals surface area contributed by atoms with Crippen LogP contribution < -0.4 is 10.9 Å². The van der Waals surface area contributed by atoms with E-state index in [1.807, 2.05) is 37.3 Å². The zero-order valence-corrected chi connectivity index (χ0v) is 19.8. The Kier molecular flexibility index (Phi) is 6.35. The molecule has 2 atom stereocenters. The number of ether oxygens (including phenoxy) is 1. The van der Waals surface area contributed by atoms with Crippen LogP contribution in [0.3, 0.4) is 0 Å². The summed E-state index contributed by atoms with van der Waals surface area (Å²) in [5, 5.41) is 4.02. The molecule has 1 aromatic carbocycles. The molecule has 3 aromatic rings. The number of carbonyl (C=O) groups excluding carboxylic acids is 1. The van der Waals surface area contributed by atoms with E-state index in [0.717, 1.165) is 54.5 Å². The van der Waals surface area contributed by atoms with Crippen LogP contribution in [0.15, 0.2) is 40.3 Å². The molecule has 6 nitrogen and oxygen atoms in total. The Morgan fingerprint density at radius 1 is 1.31 bits per heavy atom. The monoisotopic (exact) mass is 469 g/mol. The van der Waals surface area contributed by atoms with Crippen LogP contribution in [0.1, 0.15) is 42.2 Å². The largest absolute Gasteiger partial charge is 0.376 e. The molecule has 2 aromatic heterocycles. The minimum atomic E-state index is -0.370. The molecule has 0 unspecified atom stereocenters. The fourth-order valence-electron chi connectivity index (χ4n) is 4.44. The molecule has 168 valence electrons. The molecule has 32 heavy (non-hydrogen) atoms. The van der Waals surface area contributed by atoms with Crippen LogP contribution in [0.25, 0.3) is 10.2 Å². The van der Waals surface area contributed by atoms with Gasteiger partial charge in [-0.2, -0.15) is 0 Å². The van der Waals surface area contributed by atoms with Crippen molar-refractivity contribution in [2.75, 3.05) is 6.61 Å². The Balaban J connectivity index is 1.41. The number of aromatic nitrogens is 2. The van der Waals surface area contributed by atoms with Crippen LogP contribution in [0.2, 0.25) is 0 Å². The summed E-state index contributed by atoms with van der Waals surface area (Å²) in [6.45, 7) is 3.58. The maximum Gasteiger partial charge on any atom is 0.263 e. The fourth-order valence-corrected chi connectivity index (χ4v) is 6.69. The maximum absolute atomic E-state index is 13.6. The van der Waals surface area contributed by atoms with Gasteiger partial charge in [0.2, 0.25) is 5.91 Å². The van der Waals surface area contributed by atoms with Gasteiger partial charge in [0.25, 0.3) is 5.56 Å². The molecule has 0 spiro atoms. The van der Waals surface area contributed by atoms with Gasteiger partial charge < -0.3 is 10.1 Å². The Morgan fingerprint density at radius 3 is 2.94 bits per heavy atom. The van der Waals surface area contributed by atoms with Crippen LogP contribution >= 0.6 is 23.1 Å². The number of benzene rings is 1. The van der Waals surface area contributed by atoms with E-state index in [0.29, 0.717) is 18.2 Å². The number of hydrogen-bond acceptors (Lipinski definition) is 6. The number of aryl methyl sites for hydroxylation is 2. The second-order valence-electron chi connectivity index (χ2n) is 8.45. The summed E-state index contributed by atoms with van der Waals surface area (Å²) < 4.78 is 7.58. The molecular weight excluding hydrogens is 442 g/mol. The minimum absolute atomic E-state index is 0.0179. The first-order valence-corrected chi connectivity index (χ1v) is 12.9. The predicted molar refractivity (Wildman–Crippen MR) is 128 cm³/mol. The SMILES string of the molecule is C[C@H](Sc1nc2sc3c(c2c(=O)n1C[C@H]1CCCO1)CCC3)C(=O)NCc1ccccc1. The van der Waals surface area contributed by atoms with Gasteiger partial charge >= 0.3 is 0 Å². The molecule has 8 heteroatoms. The van der Waals surface area contributed by atoms with Gasteiger partial charge in [-0.1, -0.05) is 42.1 Å². The van der Waals surface area contributed by atoms with Crippen molar-refractivity contribution in [2.24, 2.45) is 0 Å². The lowest BCUT2D eigenvalue weighted by molar-refractivity contribution is -0.120. The number of fused-ring (bicyclic) bond motifs is 3. The molecule has 1 fully saturated rings. The van der Waals surface area contributed by atoms with Crippen molar-refractivity contribution < 1.29 is 9.53 Å². The quantitative estimate of drug-likeness (QED) is 0.419. The maximum atomic E-state index is 13.6. The van der Waals surface area contributed by atoms with Gasteiger partial charge in [-0.3, -0.25) is 14.2 Å². The lowest BCUT2D eigenvalue weighted by Crippen LogP contribution is -2.33. The highest BCUT2D eigenvalue weighted by Gasteiger charge is 2.27. The second-order valence-corrected chi connectivity index (χ2v) is 10.8. The molecule has 0 radical (unpaired) electrons. The van der Waals surface area contributed by atoms with E-state index in [9.17, 15) is 9.59 Å². The number of thioether (sulfide) groups is 1. The first-order valence-electron chi connectivity index (χ1n) is 11.2. The molecule has 2 aliphatic rings. The summed E-state index contributed by atoms with van der Waals surface area (Å²) in [5.41, 5.74) is 2.26. The molecule has 1 aliphatic carbocycles. The zero-order chi connectivity index (χ0) is 22.1. The molecule has 3 heterocycles. The molecular formula is C24H27N3O3S2. The van der Waals surface area contributed by atoms with Crippen molar-refractivity contribution in [2.45, 2.75) is 68.6 Å². The third kappa shape index (κ3) is 4.36. The molecule has 5 rings (SSSR count). The van der Waals surface area contributed by atoms with Gasteiger partial charge in [0.1, 0.15) is 4.83 Å². The summed E-state index contributed by atoms with van der Waals surface area (Å²) in [4.78, 5) is 33.3. The van der Waals surface area contributed by atoms with Crippen LogP contribution in [-0.4, -0.2) is 33.4 Å². The van der Waals surface area contributed by atoms with E-state index < -0.39 is 0 Å². The van der Waals surface area contributed by atoms with E-state index in [-0.39, 0.29) is 22.8 Å². The summed E-state index contributed by atoms with van der Waals surface area (Å²) in [6.07, 6.45) is 5.09. The molecule has 1 aliphatic heterocycles. The van der Waals surface area contributed by atoms with Crippen LogP contribution in [0.4, 0.5) is 0 Å². The number of amides is 1. The second kappa shape index (κ2) is 9.37. The topological polar surface area (TPSA) is 73.2 Å². The summed E-state index contributed by atoms with van der Waals surface area (Å²) >= 11 is 3.00. The Bertz CT molecular complexity index is 1180. The molecule has 1 saturated heterocycles. The van der Waals surface area contributed by atoms with Crippen molar-refractivity contribution >= 4 is 39.2 Å². The van der Waals surface area contributed by atoms with Gasteiger partial charge in [-0.25, -0.2) is 4.98 Å². The Hall–Kier alpha value is -2.16. The number of hydrogen-bond donors (Lipinski definition) is 1. The Morgan fingerprint density at radius 2 is 2.16 bits per heavy atom. The van der Waals surface area contributed by atoms with Crippen LogP contribution in [-0.2, 0) is 35.5 Å². The average Bonchev–Trinajstić information content (AvgIpc) is 3.53. The van der Waals surface area contributed by atoms with Gasteiger partial charge in [0.05, 0.1) is 23.3 Å². The van der Waals surface area contributed by atoms with Crippen molar-refractivity contribution in [3.05, 3.63) is 56.7 Å². The van der Waals surface area contributed by atoms with Gasteiger partial charge in [-0.05, 0) is 50.2 Å². The smallest absolute Gasteiger partial charge is 0.263 e. The minimum Gasteiger partial charge on any atom is -0.376 e. The molecule has 1 N–H and O–H groups in total. The van der Waals surface area contributed by atoms with E-state index in [1.165, 1.54) is 22.2 Å². The number of carbonyl (C=O) groups is 1. The van der Waals surface area contributed by atoms with E-state index >= 15 is 0 Å². The number of nitrogens with zero attached hydrogens (tertiary/aromatic N) is 2. The third-order valence-electron chi connectivity index (χ3n) is 6.16. The van der Waals surface area contributed by atoms with Crippen LogP contribution in [0.5, 0.6) is 0 Å². The van der Waals surface area contributed by atoms with Gasteiger partial charge in [-0.15, -0.1) is 11.3 Å². The van der Waals surface area contributed by atoms with E-state index in [1.54, 1.807) is 15.9 Å². The molecule has 1 amide bonds. The lowest BCUT2D eigenvalue weighted by Gasteiger charge is -2.18. The van der Waals surface area contributed by atoms with Gasteiger partial charge in [0, 0.05) is 18.0 Å². The lowest BCUT2D eigenvalue weighted by atomic mass is 10.2. The third-order valence-corrected chi connectivity index (χ3v) is 8.44. The normalized spacial score (nSPS) is 18.7.